The van der Waals surface area contributed by atoms with Crippen molar-refractivity contribution in [2.45, 2.75) is 26.2 Å². The minimum Gasteiger partial charge on any atom is -0.484 e. The second-order valence-corrected chi connectivity index (χ2v) is 6.89. The average molecular weight is 305 g/mol. The highest BCUT2D eigenvalue weighted by Crippen LogP contribution is 2.24. The number of rotatable bonds is 4. The Morgan fingerprint density at radius 3 is 2.27 bits per heavy atom. The molecule has 0 bridgehead atoms. The van der Waals surface area contributed by atoms with Gasteiger partial charge in [-0.2, -0.15) is 0 Å². The first-order valence-electron chi connectivity index (χ1n) is 7.81. The van der Waals surface area contributed by atoms with Crippen LogP contribution in [0.2, 0.25) is 0 Å². The van der Waals surface area contributed by atoms with E-state index in [1.165, 1.54) is 5.56 Å². The maximum Gasteiger partial charge on any atom is 0.272 e. The summed E-state index contributed by atoms with van der Waals surface area (Å²) in [4.78, 5) is 14.1. The topological polar surface area (TPSA) is 44.8 Å². The molecule has 1 heterocycles. The maximum absolute atomic E-state index is 11.9. The molecule has 5 nitrogen and oxygen atoms in total. The standard InChI is InChI=1S/C17H27N3O2/c1-17(2,3)14-5-7-15(8-6-14)22-13-16(21)18-20-11-9-19(4)10-12-20/h5-8H,9-13H2,1-4H3,(H,18,21). The van der Waals surface area contributed by atoms with E-state index >= 15 is 0 Å². The van der Waals surface area contributed by atoms with Crippen LogP contribution in [-0.2, 0) is 10.2 Å². The largest absolute Gasteiger partial charge is 0.484 e. The molecule has 0 saturated carbocycles. The Hall–Kier alpha value is -1.59. The Morgan fingerprint density at radius 1 is 1.14 bits per heavy atom. The van der Waals surface area contributed by atoms with Crippen molar-refractivity contribution in [1.29, 1.82) is 0 Å². The van der Waals surface area contributed by atoms with Crippen molar-refractivity contribution in [2.75, 3.05) is 39.8 Å². The number of ether oxygens (including phenoxy) is 1. The molecule has 1 aliphatic rings. The van der Waals surface area contributed by atoms with Gasteiger partial charge in [0.15, 0.2) is 6.61 Å². The molecule has 0 atom stereocenters. The Bertz CT molecular complexity index is 486. The smallest absolute Gasteiger partial charge is 0.272 e. The van der Waals surface area contributed by atoms with E-state index in [9.17, 15) is 4.79 Å². The van der Waals surface area contributed by atoms with Gasteiger partial charge in [0.1, 0.15) is 5.75 Å². The monoisotopic (exact) mass is 305 g/mol. The van der Waals surface area contributed by atoms with Gasteiger partial charge in [-0.25, -0.2) is 5.01 Å². The quantitative estimate of drug-likeness (QED) is 0.918. The Morgan fingerprint density at radius 2 is 1.73 bits per heavy atom. The van der Waals surface area contributed by atoms with Crippen molar-refractivity contribution in [2.24, 2.45) is 0 Å². The Kier molecular flexibility index (Phi) is 5.42. The molecular weight excluding hydrogens is 278 g/mol. The van der Waals surface area contributed by atoms with Gasteiger partial charge in [0, 0.05) is 26.2 Å². The van der Waals surface area contributed by atoms with E-state index in [1.807, 2.05) is 29.3 Å². The number of carbonyl (C=O) groups is 1. The van der Waals surface area contributed by atoms with E-state index in [1.54, 1.807) is 0 Å². The minimum atomic E-state index is -0.107. The van der Waals surface area contributed by atoms with E-state index in [-0.39, 0.29) is 17.9 Å². The highest BCUT2D eigenvalue weighted by molar-refractivity contribution is 5.77. The van der Waals surface area contributed by atoms with Gasteiger partial charge < -0.3 is 9.64 Å². The van der Waals surface area contributed by atoms with E-state index in [0.717, 1.165) is 31.9 Å². The molecule has 1 fully saturated rings. The second-order valence-electron chi connectivity index (χ2n) is 6.89. The summed E-state index contributed by atoms with van der Waals surface area (Å²) in [6, 6.07) is 7.94. The lowest BCUT2D eigenvalue weighted by Crippen LogP contribution is -2.53. The summed E-state index contributed by atoms with van der Waals surface area (Å²) in [6.45, 7) is 10.2. The summed E-state index contributed by atoms with van der Waals surface area (Å²) in [5, 5.41) is 1.95. The van der Waals surface area contributed by atoms with E-state index in [2.05, 4.69) is 38.1 Å². The molecule has 1 aromatic carbocycles. The van der Waals surface area contributed by atoms with Crippen LogP contribution in [0.25, 0.3) is 0 Å². The summed E-state index contributed by atoms with van der Waals surface area (Å²) in [5.41, 5.74) is 4.26. The van der Waals surface area contributed by atoms with Crippen LogP contribution < -0.4 is 10.2 Å². The molecule has 1 N–H and O–H groups in total. The molecule has 1 aromatic rings. The number of nitrogens with one attached hydrogen (secondary N) is 1. The van der Waals surface area contributed by atoms with Gasteiger partial charge in [0.05, 0.1) is 0 Å². The molecule has 0 unspecified atom stereocenters. The molecule has 0 radical (unpaired) electrons. The third kappa shape index (κ3) is 5.00. The lowest BCUT2D eigenvalue weighted by Gasteiger charge is -2.32. The molecule has 0 aliphatic carbocycles. The van der Waals surface area contributed by atoms with Crippen LogP contribution in [0.15, 0.2) is 24.3 Å². The SMILES string of the molecule is CN1CCN(NC(=O)COc2ccc(C(C)(C)C)cc2)CC1. The van der Waals surface area contributed by atoms with Crippen LogP contribution in [0.5, 0.6) is 5.75 Å². The number of amides is 1. The fraction of sp³-hybridized carbons (Fsp3) is 0.588. The van der Waals surface area contributed by atoms with Crippen LogP contribution in [0, 0.1) is 0 Å². The van der Waals surface area contributed by atoms with Crippen LogP contribution in [0.4, 0.5) is 0 Å². The second kappa shape index (κ2) is 7.11. The maximum atomic E-state index is 11.9. The number of piperazine rings is 1. The number of hydrazine groups is 1. The van der Waals surface area contributed by atoms with Gasteiger partial charge in [-0.3, -0.25) is 10.2 Å². The summed E-state index contributed by atoms with van der Waals surface area (Å²) < 4.78 is 5.55. The normalized spacial score (nSPS) is 17.3. The molecule has 1 amide bonds. The molecule has 0 spiro atoms. The van der Waals surface area contributed by atoms with E-state index in [4.69, 9.17) is 4.74 Å². The molecular formula is C17H27N3O2. The average Bonchev–Trinajstić information content (AvgIpc) is 2.47. The predicted molar refractivity (Wildman–Crippen MR) is 87.8 cm³/mol. The molecule has 5 heteroatoms. The van der Waals surface area contributed by atoms with Crippen LogP contribution >= 0.6 is 0 Å². The van der Waals surface area contributed by atoms with Crippen LogP contribution in [0.3, 0.4) is 0 Å². The molecule has 22 heavy (non-hydrogen) atoms. The van der Waals surface area contributed by atoms with Gasteiger partial charge in [-0.1, -0.05) is 32.9 Å². The third-order valence-electron chi connectivity index (χ3n) is 3.88. The Balaban J connectivity index is 1.76. The number of carbonyl (C=O) groups excluding carboxylic acids is 1. The fourth-order valence-corrected chi connectivity index (χ4v) is 2.33. The molecule has 2 rings (SSSR count). The minimum absolute atomic E-state index is 0.0429. The van der Waals surface area contributed by atoms with Crippen molar-refractivity contribution < 1.29 is 9.53 Å². The lowest BCUT2D eigenvalue weighted by molar-refractivity contribution is -0.128. The number of likely N-dealkylation sites (N-methyl/N-ethyl adjacent to an activating group) is 1. The van der Waals surface area contributed by atoms with Crippen molar-refractivity contribution in [3.05, 3.63) is 29.8 Å². The highest BCUT2D eigenvalue weighted by Gasteiger charge is 2.16. The summed E-state index contributed by atoms with van der Waals surface area (Å²) >= 11 is 0. The highest BCUT2D eigenvalue weighted by atomic mass is 16.5. The van der Waals surface area contributed by atoms with E-state index in [0.29, 0.717) is 0 Å². The number of hydrogen-bond donors (Lipinski definition) is 1. The predicted octanol–water partition coefficient (Wildman–Crippen LogP) is 1.64. The summed E-state index contributed by atoms with van der Waals surface area (Å²) in [6.07, 6.45) is 0. The van der Waals surface area contributed by atoms with Crippen LogP contribution in [-0.4, -0.2) is 55.6 Å². The number of nitrogens with zero attached hydrogens (tertiary/aromatic N) is 2. The fourth-order valence-electron chi connectivity index (χ4n) is 2.33. The lowest BCUT2D eigenvalue weighted by atomic mass is 9.87. The number of hydrogen-bond acceptors (Lipinski definition) is 4. The van der Waals surface area contributed by atoms with E-state index < -0.39 is 0 Å². The van der Waals surface area contributed by atoms with Crippen molar-refractivity contribution >= 4 is 5.91 Å². The van der Waals surface area contributed by atoms with Gasteiger partial charge in [-0.05, 0) is 30.2 Å². The van der Waals surface area contributed by atoms with Gasteiger partial charge in [0.25, 0.3) is 5.91 Å². The third-order valence-corrected chi connectivity index (χ3v) is 3.88. The molecule has 0 aromatic heterocycles. The zero-order valence-electron chi connectivity index (χ0n) is 14.1. The van der Waals surface area contributed by atoms with Crippen LogP contribution in [0.1, 0.15) is 26.3 Å². The van der Waals surface area contributed by atoms with Crippen molar-refractivity contribution in [3.8, 4) is 5.75 Å². The number of benzene rings is 1. The first kappa shape index (κ1) is 16.8. The molecule has 1 saturated heterocycles. The zero-order chi connectivity index (χ0) is 16.2. The van der Waals surface area contributed by atoms with Crippen molar-refractivity contribution in [1.82, 2.24) is 15.3 Å². The first-order chi connectivity index (χ1) is 10.3. The first-order valence-corrected chi connectivity index (χ1v) is 7.81. The molecule has 122 valence electrons. The van der Waals surface area contributed by atoms with Gasteiger partial charge in [0.2, 0.25) is 0 Å². The van der Waals surface area contributed by atoms with Gasteiger partial charge in [-0.15, -0.1) is 0 Å². The van der Waals surface area contributed by atoms with Crippen molar-refractivity contribution in [3.63, 3.8) is 0 Å². The zero-order valence-corrected chi connectivity index (χ0v) is 14.1. The summed E-state index contributed by atoms with van der Waals surface area (Å²) in [7, 11) is 2.09. The molecule has 1 aliphatic heterocycles. The van der Waals surface area contributed by atoms with Gasteiger partial charge >= 0.3 is 0 Å². The Labute approximate surface area is 133 Å². The summed E-state index contributed by atoms with van der Waals surface area (Å²) in [5.74, 6) is 0.617.